The molecule has 2 rings (SSSR count). The quantitative estimate of drug-likeness (QED) is 0.489. The molecule has 0 unspecified atom stereocenters. The van der Waals surface area contributed by atoms with Crippen LogP contribution in [-0.4, -0.2) is 25.0 Å². The number of rotatable bonds is 1. The lowest BCUT2D eigenvalue weighted by molar-refractivity contribution is 0.456. The van der Waals surface area contributed by atoms with Crippen LogP contribution in [0.4, 0.5) is 0 Å². The summed E-state index contributed by atoms with van der Waals surface area (Å²) in [6.07, 6.45) is 1.41. The van der Waals surface area contributed by atoms with Crippen LogP contribution in [0.1, 0.15) is 0 Å². The van der Waals surface area contributed by atoms with Gasteiger partial charge in [-0.2, -0.15) is 0 Å². The van der Waals surface area contributed by atoms with Gasteiger partial charge in [0.05, 0.1) is 0 Å². The fourth-order valence-electron chi connectivity index (χ4n) is 1.12. The Morgan fingerprint density at radius 3 is 2.79 bits per heavy atom. The van der Waals surface area contributed by atoms with E-state index in [0.29, 0.717) is 5.69 Å². The first-order chi connectivity index (χ1) is 6.68. The summed E-state index contributed by atoms with van der Waals surface area (Å²) < 4.78 is 1.68. The van der Waals surface area contributed by atoms with E-state index < -0.39 is 0 Å². The number of nitrogens with one attached hydrogen (secondary N) is 1. The first-order valence-electron chi connectivity index (χ1n) is 3.83. The van der Waals surface area contributed by atoms with Gasteiger partial charge in [0.15, 0.2) is 0 Å². The molecular weight excluding hydrogens is 202 g/mol. The molecule has 0 amide bonds. The number of benzene rings is 1. The number of aromatic nitrogens is 3. The predicted molar refractivity (Wildman–Crippen MR) is 52.1 cm³/mol. The molecule has 0 fully saturated rings. The predicted octanol–water partition coefficient (Wildman–Crippen LogP) is 1.34. The van der Waals surface area contributed by atoms with Crippen LogP contribution in [0.3, 0.4) is 0 Å². The molecule has 14 heavy (non-hydrogen) atoms. The van der Waals surface area contributed by atoms with Crippen LogP contribution in [0.25, 0.3) is 5.69 Å². The number of H-pyrrole nitrogens is 1. The molecule has 1 aromatic heterocycles. The van der Waals surface area contributed by atoms with E-state index in [-0.39, 0.29) is 16.3 Å². The summed E-state index contributed by atoms with van der Waals surface area (Å²) >= 11 is 4.90. The van der Waals surface area contributed by atoms with Gasteiger partial charge in [0.2, 0.25) is 4.77 Å². The topological polar surface area (TPSA) is 74.1 Å². The lowest BCUT2D eigenvalue weighted by Gasteiger charge is -2.04. The zero-order valence-electron chi connectivity index (χ0n) is 7.01. The average Bonchev–Trinajstić information content (AvgIpc) is 2.56. The van der Waals surface area contributed by atoms with Crippen LogP contribution in [0.15, 0.2) is 24.5 Å². The Kier molecular flexibility index (Phi) is 1.97. The minimum atomic E-state index is 0.0168. The van der Waals surface area contributed by atoms with Gasteiger partial charge in [0.1, 0.15) is 23.5 Å². The molecule has 5 nitrogen and oxygen atoms in total. The average molecular weight is 209 g/mol. The van der Waals surface area contributed by atoms with Gasteiger partial charge in [-0.25, -0.2) is 9.67 Å². The fourth-order valence-corrected chi connectivity index (χ4v) is 1.32. The molecule has 0 aliphatic heterocycles. The maximum absolute atomic E-state index is 9.51. The molecule has 1 aromatic carbocycles. The molecular formula is C8H7N3O2S. The lowest BCUT2D eigenvalue weighted by Crippen LogP contribution is -1.96. The molecule has 1 heterocycles. The largest absolute Gasteiger partial charge is 0.508 e. The summed E-state index contributed by atoms with van der Waals surface area (Å²) in [6.45, 7) is 0. The van der Waals surface area contributed by atoms with Gasteiger partial charge >= 0.3 is 0 Å². The monoisotopic (exact) mass is 209 g/mol. The Morgan fingerprint density at radius 2 is 2.14 bits per heavy atom. The number of phenols is 2. The van der Waals surface area contributed by atoms with Crippen LogP contribution < -0.4 is 0 Å². The number of hydrogen-bond acceptors (Lipinski definition) is 4. The van der Waals surface area contributed by atoms with Gasteiger partial charge in [-0.3, -0.25) is 5.10 Å². The third kappa shape index (κ3) is 1.35. The van der Waals surface area contributed by atoms with Crippen molar-refractivity contribution in [2.75, 3.05) is 0 Å². The van der Waals surface area contributed by atoms with Crippen molar-refractivity contribution < 1.29 is 10.2 Å². The van der Waals surface area contributed by atoms with E-state index in [1.54, 1.807) is 0 Å². The molecule has 0 aliphatic carbocycles. The summed E-state index contributed by atoms with van der Waals surface area (Å²) in [7, 11) is 0. The maximum Gasteiger partial charge on any atom is 0.220 e. The van der Waals surface area contributed by atoms with Crippen LogP contribution in [0.5, 0.6) is 11.5 Å². The van der Waals surface area contributed by atoms with Crippen molar-refractivity contribution in [2.24, 2.45) is 0 Å². The molecule has 0 atom stereocenters. The standard InChI is InChI=1S/C8H7N3O2S/c12-5-1-2-7(13)6(3-5)11-8(14)9-4-10-11/h1-4,12-13H,(H,9,10,14). The van der Waals surface area contributed by atoms with Crippen molar-refractivity contribution in [1.82, 2.24) is 14.8 Å². The van der Waals surface area contributed by atoms with Gasteiger partial charge in [0.25, 0.3) is 0 Å². The molecule has 0 aliphatic rings. The fraction of sp³-hybridized carbons (Fsp3) is 0. The van der Waals surface area contributed by atoms with Crippen LogP contribution in [0, 0.1) is 4.77 Å². The van der Waals surface area contributed by atoms with E-state index in [2.05, 4.69) is 10.1 Å². The van der Waals surface area contributed by atoms with Crippen LogP contribution in [-0.2, 0) is 0 Å². The van der Waals surface area contributed by atoms with Gasteiger partial charge in [0, 0.05) is 6.07 Å². The van der Waals surface area contributed by atoms with Crippen molar-refractivity contribution in [1.29, 1.82) is 0 Å². The highest BCUT2D eigenvalue weighted by atomic mass is 32.1. The van der Waals surface area contributed by atoms with E-state index in [1.807, 2.05) is 0 Å². The smallest absolute Gasteiger partial charge is 0.220 e. The lowest BCUT2D eigenvalue weighted by atomic mass is 10.3. The first kappa shape index (κ1) is 8.76. The molecule has 6 heteroatoms. The molecule has 0 saturated heterocycles. The number of hydrogen-bond donors (Lipinski definition) is 3. The van der Waals surface area contributed by atoms with Gasteiger partial charge in [-0.05, 0) is 24.4 Å². The van der Waals surface area contributed by atoms with Crippen LogP contribution >= 0.6 is 12.2 Å². The third-order valence-corrected chi connectivity index (χ3v) is 2.04. The normalized spacial score (nSPS) is 10.3. The Balaban J connectivity index is 2.68. The Labute approximate surface area is 84.3 Å². The highest BCUT2D eigenvalue weighted by molar-refractivity contribution is 7.71. The first-order valence-corrected chi connectivity index (χ1v) is 4.24. The van der Waals surface area contributed by atoms with Gasteiger partial charge in [-0.15, -0.1) is 0 Å². The third-order valence-electron chi connectivity index (χ3n) is 1.75. The van der Waals surface area contributed by atoms with Gasteiger partial charge < -0.3 is 10.2 Å². The number of nitrogens with zero attached hydrogens (tertiary/aromatic N) is 2. The molecule has 0 saturated carbocycles. The van der Waals surface area contributed by atoms with Crippen molar-refractivity contribution in [3.63, 3.8) is 0 Å². The van der Waals surface area contributed by atoms with E-state index in [1.165, 1.54) is 29.2 Å². The van der Waals surface area contributed by atoms with Crippen molar-refractivity contribution >= 4 is 12.2 Å². The van der Waals surface area contributed by atoms with E-state index in [9.17, 15) is 10.2 Å². The minimum Gasteiger partial charge on any atom is -0.508 e. The second-order valence-electron chi connectivity index (χ2n) is 2.68. The minimum absolute atomic E-state index is 0.0168. The summed E-state index contributed by atoms with van der Waals surface area (Å²) in [5.74, 6) is 0.0671. The molecule has 0 bridgehead atoms. The van der Waals surface area contributed by atoms with E-state index in [4.69, 9.17) is 12.2 Å². The molecule has 72 valence electrons. The van der Waals surface area contributed by atoms with E-state index in [0.717, 1.165) is 0 Å². The number of aromatic amines is 1. The van der Waals surface area contributed by atoms with Crippen LogP contribution in [0.2, 0.25) is 0 Å². The molecule has 2 aromatic rings. The van der Waals surface area contributed by atoms with Crippen molar-refractivity contribution in [3.8, 4) is 17.2 Å². The Bertz CT molecular complexity index is 517. The molecule has 3 N–H and O–H groups in total. The summed E-state index contributed by atoms with van der Waals surface area (Å²) in [5.41, 5.74) is 0.368. The maximum atomic E-state index is 9.51. The second-order valence-corrected chi connectivity index (χ2v) is 3.04. The Morgan fingerprint density at radius 1 is 1.36 bits per heavy atom. The van der Waals surface area contributed by atoms with Gasteiger partial charge in [-0.1, -0.05) is 0 Å². The molecule has 0 spiro atoms. The van der Waals surface area contributed by atoms with E-state index >= 15 is 0 Å². The summed E-state index contributed by atoms with van der Waals surface area (Å²) in [6, 6.07) is 4.16. The highest BCUT2D eigenvalue weighted by Crippen LogP contribution is 2.24. The summed E-state index contributed by atoms with van der Waals surface area (Å²) in [5, 5.41) is 21.5. The second kappa shape index (κ2) is 3.15. The Hall–Kier alpha value is -1.82. The zero-order valence-corrected chi connectivity index (χ0v) is 7.82. The number of phenolic OH excluding ortho intramolecular Hbond substituents is 2. The van der Waals surface area contributed by atoms with Crippen molar-refractivity contribution in [3.05, 3.63) is 29.3 Å². The number of aromatic hydroxyl groups is 2. The molecule has 0 radical (unpaired) electrons. The highest BCUT2D eigenvalue weighted by Gasteiger charge is 2.05. The zero-order chi connectivity index (χ0) is 10.1. The SMILES string of the molecule is Oc1ccc(O)c(-n2[nH]cnc2=S)c1. The summed E-state index contributed by atoms with van der Waals surface area (Å²) in [4.78, 5) is 3.79. The van der Waals surface area contributed by atoms with Crippen molar-refractivity contribution in [2.45, 2.75) is 0 Å².